The van der Waals surface area contributed by atoms with E-state index in [1.54, 1.807) is 18.2 Å². The van der Waals surface area contributed by atoms with Gasteiger partial charge in [-0.2, -0.15) is 0 Å². The van der Waals surface area contributed by atoms with E-state index in [4.69, 9.17) is 0 Å². The molecule has 0 spiro atoms. The van der Waals surface area contributed by atoms with Gasteiger partial charge in [0, 0.05) is 17.6 Å². The highest BCUT2D eigenvalue weighted by molar-refractivity contribution is 5.97. The van der Waals surface area contributed by atoms with Crippen molar-refractivity contribution in [3.8, 4) is 0 Å². The quantitative estimate of drug-likeness (QED) is 0.840. The molecule has 6 heteroatoms. The number of carbonyl (C=O) groups is 1. The molecule has 2 aromatic rings. The highest BCUT2D eigenvalue weighted by Crippen LogP contribution is 2.31. The molecule has 0 unspecified atom stereocenters. The van der Waals surface area contributed by atoms with Crippen LogP contribution in [0.1, 0.15) is 56.8 Å². The van der Waals surface area contributed by atoms with Crippen molar-refractivity contribution >= 4 is 16.9 Å². The zero-order chi connectivity index (χ0) is 18.2. The zero-order valence-electron chi connectivity index (χ0n) is 15.0. The molecule has 1 saturated carbocycles. The average Bonchev–Trinajstić information content (AvgIpc) is 2.58. The van der Waals surface area contributed by atoms with E-state index in [0.717, 1.165) is 25.7 Å². The first kappa shape index (κ1) is 17.5. The smallest absolute Gasteiger partial charge is 0.316 e. The molecule has 1 heterocycles. The molecule has 1 fully saturated rings. The second-order valence-corrected chi connectivity index (χ2v) is 7.43. The number of nitrogens with zero attached hydrogens (tertiary/aromatic N) is 1. The minimum atomic E-state index is -0.667. The molecule has 25 heavy (non-hydrogen) atoms. The SMILES string of the molecule is CCn1c(=O)c(=O)[nH]c2cc(C(=O)NC3(C)CCC(C)CC3)ccc21. The van der Waals surface area contributed by atoms with E-state index in [-0.39, 0.29) is 11.4 Å². The Morgan fingerprint density at radius 2 is 2.00 bits per heavy atom. The number of nitrogens with one attached hydrogen (secondary N) is 2. The van der Waals surface area contributed by atoms with Crippen LogP contribution in [0.4, 0.5) is 0 Å². The van der Waals surface area contributed by atoms with Gasteiger partial charge < -0.3 is 14.9 Å². The molecule has 2 N–H and O–H groups in total. The van der Waals surface area contributed by atoms with Crippen LogP contribution in [0, 0.1) is 5.92 Å². The van der Waals surface area contributed by atoms with Crippen molar-refractivity contribution in [1.29, 1.82) is 0 Å². The molecule has 1 aliphatic rings. The fourth-order valence-electron chi connectivity index (χ4n) is 3.61. The van der Waals surface area contributed by atoms with E-state index in [1.165, 1.54) is 4.57 Å². The first-order chi connectivity index (χ1) is 11.8. The summed E-state index contributed by atoms with van der Waals surface area (Å²) in [7, 11) is 0. The number of hydrogen-bond donors (Lipinski definition) is 2. The van der Waals surface area contributed by atoms with Gasteiger partial charge in [-0.25, -0.2) is 0 Å². The third-order valence-electron chi connectivity index (χ3n) is 5.35. The maximum Gasteiger partial charge on any atom is 0.316 e. The second kappa shape index (κ2) is 6.50. The molecule has 1 amide bonds. The van der Waals surface area contributed by atoms with E-state index in [1.807, 2.05) is 6.92 Å². The summed E-state index contributed by atoms with van der Waals surface area (Å²) < 4.78 is 1.42. The van der Waals surface area contributed by atoms with Crippen LogP contribution in [0.3, 0.4) is 0 Å². The second-order valence-electron chi connectivity index (χ2n) is 7.43. The van der Waals surface area contributed by atoms with Crippen LogP contribution in [0.5, 0.6) is 0 Å². The minimum absolute atomic E-state index is 0.144. The molecular formula is C19H25N3O3. The number of benzene rings is 1. The van der Waals surface area contributed by atoms with Crippen molar-refractivity contribution < 1.29 is 4.79 Å². The Morgan fingerprint density at radius 3 is 2.64 bits per heavy atom. The molecule has 1 aromatic carbocycles. The number of aryl methyl sites for hydroxylation is 1. The van der Waals surface area contributed by atoms with E-state index < -0.39 is 11.1 Å². The predicted molar refractivity (Wildman–Crippen MR) is 98.0 cm³/mol. The Morgan fingerprint density at radius 1 is 1.32 bits per heavy atom. The van der Waals surface area contributed by atoms with E-state index in [9.17, 15) is 14.4 Å². The van der Waals surface area contributed by atoms with Gasteiger partial charge in [-0.15, -0.1) is 0 Å². The Bertz CT molecular complexity index is 918. The van der Waals surface area contributed by atoms with Gasteiger partial charge in [0.25, 0.3) is 5.91 Å². The lowest BCUT2D eigenvalue weighted by Crippen LogP contribution is -2.48. The molecule has 0 aliphatic heterocycles. The number of H-pyrrole nitrogens is 1. The summed E-state index contributed by atoms with van der Waals surface area (Å²) in [6.07, 6.45) is 4.18. The van der Waals surface area contributed by atoms with Crippen molar-refractivity contribution in [1.82, 2.24) is 14.9 Å². The molecule has 1 aliphatic carbocycles. The van der Waals surface area contributed by atoms with Gasteiger partial charge in [0.2, 0.25) is 0 Å². The maximum atomic E-state index is 12.7. The van der Waals surface area contributed by atoms with Gasteiger partial charge in [0.15, 0.2) is 0 Å². The normalized spacial score (nSPS) is 23.6. The Balaban J connectivity index is 1.91. The number of fused-ring (bicyclic) bond motifs is 1. The standard InChI is InChI=1S/C19H25N3O3/c1-4-22-15-6-5-13(11-14(15)20-17(24)18(22)25)16(23)21-19(3)9-7-12(2)8-10-19/h5-6,11-12H,4,7-10H2,1-3H3,(H,20,24)(H,21,23). The summed E-state index contributed by atoms with van der Waals surface area (Å²) in [6, 6.07) is 5.07. The number of aromatic amines is 1. The van der Waals surface area contributed by atoms with Gasteiger partial charge >= 0.3 is 11.1 Å². The summed E-state index contributed by atoms with van der Waals surface area (Å²) >= 11 is 0. The summed E-state index contributed by atoms with van der Waals surface area (Å²) in [5, 5.41) is 3.15. The molecule has 3 rings (SSSR count). The van der Waals surface area contributed by atoms with Gasteiger partial charge in [0.1, 0.15) is 0 Å². The van der Waals surface area contributed by atoms with Crippen LogP contribution in [0.15, 0.2) is 27.8 Å². The van der Waals surface area contributed by atoms with Crippen molar-refractivity contribution in [3.05, 3.63) is 44.5 Å². The molecule has 134 valence electrons. The van der Waals surface area contributed by atoms with Crippen LogP contribution >= 0.6 is 0 Å². The van der Waals surface area contributed by atoms with Crippen molar-refractivity contribution in [3.63, 3.8) is 0 Å². The van der Waals surface area contributed by atoms with Crippen LogP contribution in [-0.4, -0.2) is 21.0 Å². The Labute approximate surface area is 146 Å². The number of hydrogen-bond acceptors (Lipinski definition) is 3. The van der Waals surface area contributed by atoms with Crippen molar-refractivity contribution in [2.45, 2.75) is 58.5 Å². The lowest BCUT2D eigenvalue weighted by Gasteiger charge is -2.37. The van der Waals surface area contributed by atoms with Gasteiger partial charge in [-0.3, -0.25) is 14.4 Å². The van der Waals surface area contributed by atoms with E-state index in [0.29, 0.717) is 29.1 Å². The third-order valence-corrected chi connectivity index (χ3v) is 5.35. The molecule has 0 atom stereocenters. The highest BCUT2D eigenvalue weighted by Gasteiger charge is 2.31. The number of aromatic nitrogens is 2. The molecule has 0 radical (unpaired) electrons. The first-order valence-electron chi connectivity index (χ1n) is 8.92. The minimum Gasteiger partial charge on any atom is -0.347 e. The summed E-state index contributed by atoms with van der Waals surface area (Å²) in [5.41, 5.74) is 0.192. The Hall–Kier alpha value is -2.37. The predicted octanol–water partition coefficient (Wildman–Crippen LogP) is 2.41. The lowest BCUT2D eigenvalue weighted by atomic mass is 9.78. The zero-order valence-corrected chi connectivity index (χ0v) is 15.0. The fraction of sp³-hybridized carbons (Fsp3) is 0.526. The summed E-state index contributed by atoms with van der Waals surface area (Å²) in [4.78, 5) is 39.0. The first-order valence-corrected chi connectivity index (χ1v) is 8.92. The van der Waals surface area contributed by atoms with Crippen molar-refractivity contribution in [2.75, 3.05) is 0 Å². The summed E-state index contributed by atoms with van der Waals surface area (Å²) in [5.74, 6) is 0.565. The number of carbonyl (C=O) groups excluding carboxylic acids is 1. The van der Waals surface area contributed by atoms with Crippen LogP contribution < -0.4 is 16.4 Å². The average molecular weight is 343 g/mol. The number of amides is 1. The molecule has 0 bridgehead atoms. The van der Waals surface area contributed by atoms with Crippen LogP contribution in [0.2, 0.25) is 0 Å². The topological polar surface area (TPSA) is 84.0 Å². The Kier molecular flexibility index (Phi) is 4.54. The molecule has 6 nitrogen and oxygen atoms in total. The van der Waals surface area contributed by atoms with Crippen LogP contribution in [0.25, 0.3) is 11.0 Å². The third kappa shape index (κ3) is 3.38. The van der Waals surface area contributed by atoms with Gasteiger partial charge in [-0.05, 0) is 63.6 Å². The molecular weight excluding hydrogens is 318 g/mol. The van der Waals surface area contributed by atoms with Crippen LogP contribution in [-0.2, 0) is 6.54 Å². The highest BCUT2D eigenvalue weighted by atomic mass is 16.2. The van der Waals surface area contributed by atoms with E-state index >= 15 is 0 Å². The van der Waals surface area contributed by atoms with Crippen molar-refractivity contribution in [2.24, 2.45) is 5.92 Å². The van der Waals surface area contributed by atoms with E-state index in [2.05, 4.69) is 24.1 Å². The monoisotopic (exact) mass is 343 g/mol. The maximum absolute atomic E-state index is 12.7. The lowest BCUT2D eigenvalue weighted by molar-refractivity contribution is 0.0870. The largest absolute Gasteiger partial charge is 0.347 e. The van der Waals surface area contributed by atoms with Gasteiger partial charge in [0.05, 0.1) is 11.0 Å². The molecule has 0 saturated heterocycles. The summed E-state index contributed by atoms with van der Waals surface area (Å²) in [6.45, 7) is 6.55. The van der Waals surface area contributed by atoms with Gasteiger partial charge in [-0.1, -0.05) is 6.92 Å². The fourth-order valence-corrected chi connectivity index (χ4v) is 3.61. The number of rotatable bonds is 3. The molecule has 1 aromatic heterocycles.